The van der Waals surface area contributed by atoms with Gasteiger partial charge in [0.2, 0.25) is 11.8 Å². The maximum atomic E-state index is 12.9. The monoisotopic (exact) mass is 1270 g/mol. The van der Waals surface area contributed by atoms with Gasteiger partial charge in [0.1, 0.15) is 29.6 Å². The van der Waals surface area contributed by atoms with Crippen LogP contribution in [0, 0.1) is 10.1 Å². The third-order valence-corrected chi connectivity index (χ3v) is 15.1. The number of aromatic amines is 1. The summed E-state index contributed by atoms with van der Waals surface area (Å²) >= 11 is 40.8. The lowest BCUT2D eigenvalue weighted by molar-refractivity contribution is -0.383. The predicted octanol–water partition coefficient (Wildman–Crippen LogP) is 11.0. The molecule has 0 unspecified atom stereocenters. The van der Waals surface area contributed by atoms with E-state index in [0.29, 0.717) is 103 Å². The van der Waals surface area contributed by atoms with E-state index in [1.165, 1.54) is 31.9 Å². The molecule has 10 rings (SSSR count). The number of anilines is 5. The molecule has 8 aromatic rings. The van der Waals surface area contributed by atoms with Crippen molar-refractivity contribution >= 4 is 149 Å². The molecule has 2 aliphatic rings. The van der Waals surface area contributed by atoms with Crippen molar-refractivity contribution in [2.75, 3.05) is 113 Å². The van der Waals surface area contributed by atoms with E-state index in [9.17, 15) is 29.3 Å². The van der Waals surface area contributed by atoms with Gasteiger partial charge in [-0.1, -0.05) is 69.6 Å². The molecule has 27 heteroatoms. The molecule has 4 heterocycles. The number of fused-ring (bicyclic) bond motifs is 2. The number of hydrogen-bond acceptors (Lipinski definition) is 13. The molecule has 2 saturated heterocycles. The molecule has 2 fully saturated rings. The number of hydrogen-bond donors (Lipinski definition) is 4. The lowest BCUT2D eigenvalue weighted by atomic mass is 10.2. The summed E-state index contributed by atoms with van der Waals surface area (Å²) in [5.74, 6) is 1.26. The number of halogens is 7. The molecule has 83 heavy (non-hydrogen) atoms. The highest BCUT2D eigenvalue weighted by Crippen LogP contribution is 2.32. The Morgan fingerprint density at radius 1 is 0.602 bits per heavy atom. The number of methoxy groups -OCH3 is 2. The van der Waals surface area contributed by atoms with Gasteiger partial charge in [0.15, 0.2) is 0 Å². The fraction of sp³-hybridized carbons (Fsp3) is 0.286. The lowest BCUT2D eigenvalue weighted by Crippen LogP contribution is -2.50. The maximum Gasteiger partial charge on any atom is 0.329 e. The molecule has 2 aromatic heterocycles. The first-order chi connectivity index (χ1) is 39.6. The van der Waals surface area contributed by atoms with E-state index >= 15 is 0 Å². The Morgan fingerprint density at radius 3 is 1.57 bits per heavy atom. The Balaban J connectivity index is 0.000000179. The van der Waals surface area contributed by atoms with Gasteiger partial charge in [-0.25, -0.2) is 9.59 Å². The smallest absolute Gasteiger partial charge is 0.329 e. The normalized spacial score (nSPS) is 12.8. The van der Waals surface area contributed by atoms with Gasteiger partial charge >= 0.3 is 11.4 Å². The van der Waals surface area contributed by atoms with E-state index in [4.69, 9.17) is 96.4 Å². The highest BCUT2D eigenvalue weighted by molar-refractivity contribution is 6.33. The largest absolute Gasteiger partial charge is 0.495 e. The Labute approximate surface area is 513 Å². The van der Waals surface area contributed by atoms with E-state index in [-0.39, 0.29) is 41.3 Å². The first-order valence-electron chi connectivity index (χ1n) is 25.4. The molecule has 0 radical (unpaired) electrons. The van der Waals surface area contributed by atoms with Crippen LogP contribution in [0.2, 0.25) is 30.1 Å². The number of nitrogens with one attached hydrogen (secondary N) is 3. The van der Waals surface area contributed by atoms with E-state index in [0.717, 1.165) is 41.2 Å². The van der Waals surface area contributed by atoms with Crippen LogP contribution in [-0.4, -0.2) is 132 Å². The zero-order chi connectivity index (χ0) is 60.7. The highest BCUT2D eigenvalue weighted by atomic mass is 35.5. The molecule has 6 aromatic carbocycles. The number of rotatable bonds is 10. The van der Waals surface area contributed by atoms with E-state index in [2.05, 4.69) is 25.4 Å². The van der Waals surface area contributed by atoms with Crippen molar-refractivity contribution in [2.45, 2.75) is 6.54 Å². The fourth-order valence-corrected chi connectivity index (χ4v) is 10.0. The van der Waals surface area contributed by atoms with Gasteiger partial charge in [-0.05, 0) is 91.0 Å². The number of alkyl halides is 1. The van der Waals surface area contributed by atoms with Crippen LogP contribution < -0.4 is 47.0 Å². The third-order valence-electron chi connectivity index (χ3n) is 13.4. The van der Waals surface area contributed by atoms with Crippen LogP contribution in [0.4, 0.5) is 34.1 Å². The number of amides is 2. The standard InChI is InChI=1S/C21H22Cl2N4O3.C13H16Cl2N2O2.C8H7ClN2O.C7H7ClN2O2.C7H9ClN2/c1-24-18-11-14(22)3-6-17(18)27(21(24)29)13-20(28)26-9-7-25(8-10-26)15-4-5-16(23)19(12-15)30-2;1-19-12-8-10(2-3-11(12)15)16-4-6-17(7-5-16)13(18)9-14;1-11-7-4-5(9)2-3-6(7)10-8(11)12;1-9-6-4-5(8)2-3-7(6)10(11)12;1-10-7-4-5(8)2-3-6(7)9/h3-6,11-12H,7-10,13H2,1-2H3;2-3,8H,4-7,9H2,1H3;2-4H,1H3,(H,10,12);2-4,9H,1H3;2-4,10H,9H2,1H3. The number of aromatic nitrogens is 4. The van der Waals surface area contributed by atoms with Crippen molar-refractivity contribution in [3.8, 4) is 11.5 Å². The van der Waals surface area contributed by atoms with Gasteiger partial charge in [-0.3, -0.25) is 33.4 Å². The molecule has 2 aliphatic heterocycles. The molecular weight excluding hydrogens is 1220 g/mol. The zero-order valence-corrected chi connectivity index (χ0v) is 51.3. The van der Waals surface area contributed by atoms with Crippen LogP contribution in [0.25, 0.3) is 22.1 Å². The molecule has 5 N–H and O–H groups in total. The number of carbonyl (C=O) groups excluding carboxylic acids is 2. The minimum Gasteiger partial charge on any atom is -0.495 e. The second-order valence-electron chi connectivity index (χ2n) is 18.4. The van der Waals surface area contributed by atoms with Crippen molar-refractivity contribution in [1.29, 1.82) is 0 Å². The minimum atomic E-state index is -0.456. The maximum absolute atomic E-state index is 12.9. The predicted molar refractivity (Wildman–Crippen MR) is 338 cm³/mol. The molecule has 442 valence electrons. The number of nitrogens with zero attached hydrogens (tertiary/aromatic N) is 8. The van der Waals surface area contributed by atoms with Crippen LogP contribution in [0.1, 0.15) is 0 Å². The Hall–Kier alpha value is -7.17. The minimum absolute atomic E-state index is 0.00463. The number of nitrogen functional groups attached to an aromatic ring is 1. The molecule has 0 bridgehead atoms. The van der Waals surface area contributed by atoms with Gasteiger partial charge in [0.25, 0.3) is 5.69 Å². The topological polar surface area (TPSA) is 224 Å². The average molecular weight is 1280 g/mol. The number of benzene rings is 6. The Morgan fingerprint density at radius 2 is 1.07 bits per heavy atom. The van der Waals surface area contributed by atoms with Crippen molar-refractivity contribution in [3.05, 3.63) is 170 Å². The Bertz CT molecular complexity index is 3690. The molecule has 20 nitrogen and oxygen atoms in total. The van der Waals surface area contributed by atoms with Crippen LogP contribution >= 0.6 is 81.2 Å². The number of nitro groups is 1. The number of aryl methyl sites for hydroxylation is 2. The summed E-state index contributed by atoms with van der Waals surface area (Å²) in [6.07, 6.45) is 0. The van der Waals surface area contributed by atoms with Crippen LogP contribution in [-0.2, 0) is 30.2 Å². The first-order valence-corrected chi connectivity index (χ1v) is 28.2. The van der Waals surface area contributed by atoms with Crippen LogP contribution in [0.15, 0.2) is 119 Å². The molecule has 0 aliphatic carbocycles. The van der Waals surface area contributed by atoms with Gasteiger partial charge in [0.05, 0.1) is 62.6 Å². The average Bonchev–Trinajstić information content (AvgIpc) is 4.03. The number of ether oxygens (including phenoxy) is 2. The molecular formula is C56H61Cl7N12O8. The number of piperazine rings is 2. The van der Waals surface area contributed by atoms with Gasteiger partial charge in [0, 0.05) is 130 Å². The molecule has 0 atom stereocenters. The first kappa shape index (κ1) is 65.0. The fourth-order valence-electron chi connectivity index (χ4n) is 8.78. The number of carbonyl (C=O) groups is 2. The lowest BCUT2D eigenvalue weighted by Gasteiger charge is -2.36. The number of H-pyrrole nitrogens is 1. The van der Waals surface area contributed by atoms with Crippen LogP contribution in [0.3, 0.4) is 0 Å². The van der Waals surface area contributed by atoms with Crippen molar-refractivity contribution in [1.82, 2.24) is 28.5 Å². The summed E-state index contributed by atoms with van der Waals surface area (Å²) in [7, 11) is 9.99. The number of nitrogens with two attached hydrogens (primary N) is 1. The van der Waals surface area contributed by atoms with Gasteiger partial charge < -0.3 is 50.4 Å². The summed E-state index contributed by atoms with van der Waals surface area (Å²) in [5.41, 5.74) is 12.4. The third kappa shape index (κ3) is 17.0. The highest BCUT2D eigenvalue weighted by Gasteiger charge is 2.25. The second kappa shape index (κ2) is 30.4. The van der Waals surface area contributed by atoms with Crippen LogP contribution in [0.5, 0.6) is 11.5 Å². The van der Waals surface area contributed by atoms with E-state index < -0.39 is 4.92 Å². The zero-order valence-electron chi connectivity index (χ0n) is 46.0. The SMILES string of the molecule is CNc1cc(Cl)ccc1N.CNc1cc(Cl)ccc1[N+](=O)[O-].COc1cc(N2CCN(C(=O)CCl)CC2)ccc1Cl.COc1cc(N2CCN(C(=O)Cn3c(=O)n(C)c4cc(Cl)ccc43)CC2)ccc1Cl.Cn1c(=O)[nH]c2ccc(Cl)cc21. The summed E-state index contributed by atoms with van der Waals surface area (Å²) in [6, 6.07) is 31.6. The second-order valence-corrected chi connectivity index (χ2v) is 21.2. The summed E-state index contributed by atoms with van der Waals surface area (Å²) in [4.78, 5) is 68.8. The number of imidazole rings is 2. The van der Waals surface area contributed by atoms with Crippen molar-refractivity contribution in [2.24, 2.45) is 14.1 Å². The van der Waals surface area contributed by atoms with Gasteiger partial charge in [-0.15, -0.1) is 11.6 Å². The Kier molecular flexibility index (Phi) is 23.8. The summed E-state index contributed by atoms with van der Waals surface area (Å²) < 4.78 is 15.1. The quantitative estimate of drug-likeness (QED) is 0.0433. The van der Waals surface area contributed by atoms with E-state index in [1.807, 2.05) is 43.4 Å². The van der Waals surface area contributed by atoms with Gasteiger partial charge in [-0.2, -0.15) is 0 Å². The van der Waals surface area contributed by atoms with E-state index in [1.54, 1.807) is 99.8 Å². The number of nitro benzene ring substituents is 1. The summed E-state index contributed by atoms with van der Waals surface area (Å²) in [6.45, 7) is 5.50. The van der Waals surface area contributed by atoms with Crippen molar-refractivity contribution in [3.63, 3.8) is 0 Å². The summed E-state index contributed by atoms with van der Waals surface area (Å²) in [5, 5.41) is 19.6. The molecule has 0 spiro atoms. The van der Waals surface area contributed by atoms with Crippen molar-refractivity contribution < 1.29 is 24.0 Å². The molecule has 2 amide bonds. The molecule has 0 saturated carbocycles.